The molecule has 1 aromatic carbocycles. The standard InChI is InChI=1S/C19H24N4O2/c1-13(2)14-6-5-7-15(10-14)22-19(25)18(24)20-11-16-12-23-9-4-3-8-17(23)21-16/h5-7,10,12-13H,3-4,8-9,11H2,1-2H3,(H,20,24)(H,22,25). The Morgan fingerprint density at radius 1 is 1.24 bits per heavy atom. The maximum atomic E-state index is 12.1. The second kappa shape index (κ2) is 7.51. The molecule has 0 spiro atoms. The van der Waals surface area contributed by atoms with Gasteiger partial charge in [-0.05, 0) is 36.5 Å². The molecule has 2 aromatic rings. The van der Waals surface area contributed by atoms with Crippen molar-refractivity contribution in [1.29, 1.82) is 0 Å². The van der Waals surface area contributed by atoms with E-state index in [-0.39, 0.29) is 6.54 Å². The number of nitrogens with zero attached hydrogens (tertiary/aromatic N) is 2. The molecule has 0 unspecified atom stereocenters. The third-order valence-corrected chi connectivity index (χ3v) is 4.41. The first-order chi connectivity index (χ1) is 12.0. The number of hydrogen-bond donors (Lipinski definition) is 2. The minimum atomic E-state index is -0.662. The number of aryl methyl sites for hydroxylation is 2. The fourth-order valence-electron chi connectivity index (χ4n) is 2.97. The van der Waals surface area contributed by atoms with Crippen LogP contribution in [0.4, 0.5) is 5.69 Å². The zero-order chi connectivity index (χ0) is 17.8. The number of aromatic nitrogens is 2. The summed E-state index contributed by atoms with van der Waals surface area (Å²) in [5, 5.41) is 5.28. The molecule has 1 aromatic heterocycles. The third kappa shape index (κ3) is 4.26. The zero-order valence-electron chi connectivity index (χ0n) is 14.7. The highest BCUT2D eigenvalue weighted by molar-refractivity contribution is 6.39. The molecule has 2 N–H and O–H groups in total. The first-order valence-corrected chi connectivity index (χ1v) is 8.77. The Morgan fingerprint density at radius 2 is 2.08 bits per heavy atom. The molecule has 0 saturated heterocycles. The largest absolute Gasteiger partial charge is 0.342 e. The van der Waals surface area contributed by atoms with Crippen LogP contribution in [0, 0.1) is 0 Å². The lowest BCUT2D eigenvalue weighted by atomic mass is 10.0. The van der Waals surface area contributed by atoms with Crippen LogP contribution in [-0.2, 0) is 29.1 Å². The molecular formula is C19H24N4O2. The Hall–Kier alpha value is -2.63. The number of carbonyl (C=O) groups is 2. The molecule has 2 heterocycles. The van der Waals surface area contributed by atoms with Gasteiger partial charge in [0, 0.05) is 24.8 Å². The van der Waals surface area contributed by atoms with Gasteiger partial charge in [0.25, 0.3) is 0 Å². The van der Waals surface area contributed by atoms with E-state index in [9.17, 15) is 9.59 Å². The number of benzene rings is 1. The predicted octanol–water partition coefficient (Wildman–Crippen LogP) is 2.60. The fourth-order valence-corrected chi connectivity index (χ4v) is 2.97. The molecule has 0 aliphatic carbocycles. The number of imidazole rings is 1. The number of nitrogens with one attached hydrogen (secondary N) is 2. The van der Waals surface area contributed by atoms with Gasteiger partial charge < -0.3 is 15.2 Å². The topological polar surface area (TPSA) is 76.0 Å². The second-order valence-corrected chi connectivity index (χ2v) is 6.72. The van der Waals surface area contributed by atoms with Crippen molar-refractivity contribution in [1.82, 2.24) is 14.9 Å². The second-order valence-electron chi connectivity index (χ2n) is 6.72. The molecule has 0 bridgehead atoms. The lowest BCUT2D eigenvalue weighted by Gasteiger charge is -2.11. The molecule has 3 rings (SSSR count). The van der Waals surface area contributed by atoms with Gasteiger partial charge in [0.05, 0.1) is 12.2 Å². The molecule has 6 heteroatoms. The number of hydrogen-bond acceptors (Lipinski definition) is 3. The summed E-state index contributed by atoms with van der Waals surface area (Å²) in [6.45, 7) is 5.40. The highest BCUT2D eigenvalue weighted by Crippen LogP contribution is 2.18. The van der Waals surface area contributed by atoms with Crippen molar-refractivity contribution < 1.29 is 9.59 Å². The van der Waals surface area contributed by atoms with Gasteiger partial charge in [0.1, 0.15) is 5.82 Å². The molecule has 6 nitrogen and oxygen atoms in total. The Kier molecular flexibility index (Phi) is 5.16. The lowest BCUT2D eigenvalue weighted by molar-refractivity contribution is -0.136. The average molecular weight is 340 g/mol. The minimum absolute atomic E-state index is 0.262. The molecular weight excluding hydrogens is 316 g/mol. The summed E-state index contributed by atoms with van der Waals surface area (Å²) in [5.74, 6) is 0.105. The molecule has 0 saturated carbocycles. The van der Waals surface area contributed by atoms with Gasteiger partial charge in [0.15, 0.2) is 0 Å². The molecule has 0 fully saturated rings. The summed E-state index contributed by atoms with van der Waals surface area (Å²) in [6.07, 6.45) is 5.24. The molecule has 1 aliphatic rings. The van der Waals surface area contributed by atoms with E-state index < -0.39 is 11.8 Å². The van der Waals surface area contributed by atoms with Crippen molar-refractivity contribution in [3.63, 3.8) is 0 Å². The summed E-state index contributed by atoms with van der Waals surface area (Å²) in [7, 11) is 0. The highest BCUT2D eigenvalue weighted by atomic mass is 16.2. The maximum absolute atomic E-state index is 12.1. The van der Waals surface area contributed by atoms with Crippen molar-refractivity contribution in [3.8, 4) is 0 Å². The van der Waals surface area contributed by atoms with E-state index in [4.69, 9.17) is 0 Å². The third-order valence-electron chi connectivity index (χ3n) is 4.41. The van der Waals surface area contributed by atoms with Crippen molar-refractivity contribution in [2.75, 3.05) is 5.32 Å². The van der Waals surface area contributed by atoms with Gasteiger partial charge in [-0.25, -0.2) is 4.98 Å². The molecule has 1 aliphatic heterocycles. The summed E-state index contributed by atoms with van der Waals surface area (Å²) in [5.41, 5.74) is 2.53. The summed E-state index contributed by atoms with van der Waals surface area (Å²) in [4.78, 5) is 28.6. The molecule has 25 heavy (non-hydrogen) atoms. The Balaban J connectivity index is 1.55. The first kappa shape index (κ1) is 17.2. The molecule has 0 atom stereocenters. The molecule has 132 valence electrons. The van der Waals surface area contributed by atoms with E-state index in [0.717, 1.165) is 42.9 Å². The van der Waals surface area contributed by atoms with Crippen molar-refractivity contribution >= 4 is 17.5 Å². The maximum Gasteiger partial charge on any atom is 0.313 e. The van der Waals surface area contributed by atoms with Gasteiger partial charge in [-0.2, -0.15) is 0 Å². The van der Waals surface area contributed by atoms with Crippen LogP contribution in [0.5, 0.6) is 0 Å². The Morgan fingerprint density at radius 3 is 2.84 bits per heavy atom. The quantitative estimate of drug-likeness (QED) is 0.840. The summed E-state index contributed by atoms with van der Waals surface area (Å²) >= 11 is 0. The SMILES string of the molecule is CC(C)c1cccc(NC(=O)C(=O)NCc2cn3c(n2)CCCC3)c1. The highest BCUT2D eigenvalue weighted by Gasteiger charge is 2.16. The minimum Gasteiger partial charge on any atom is -0.342 e. The smallest absolute Gasteiger partial charge is 0.313 e. The summed E-state index contributed by atoms with van der Waals surface area (Å²) in [6, 6.07) is 7.54. The van der Waals surface area contributed by atoms with E-state index in [0.29, 0.717) is 11.6 Å². The lowest BCUT2D eigenvalue weighted by Crippen LogP contribution is -2.35. The van der Waals surface area contributed by atoms with E-state index >= 15 is 0 Å². The number of carbonyl (C=O) groups excluding carboxylic acids is 2. The van der Waals surface area contributed by atoms with E-state index in [1.54, 1.807) is 6.07 Å². The van der Waals surface area contributed by atoms with Crippen LogP contribution in [0.1, 0.15) is 49.7 Å². The first-order valence-electron chi connectivity index (χ1n) is 8.77. The van der Waals surface area contributed by atoms with Gasteiger partial charge in [-0.3, -0.25) is 9.59 Å². The van der Waals surface area contributed by atoms with Crippen molar-refractivity contribution in [2.24, 2.45) is 0 Å². The normalized spacial score (nSPS) is 13.4. The van der Waals surface area contributed by atoms with Crippen molar-refractivity contribution in [3.05, 3.63) is 47.5 Å². The Bertz CT molecular complexity index is 756. The number of anilines is 1. The van der Waals surface area contributed by atoms with Crippen LogP contribution in [0.25, 0.3) is 0 Å². The van der Waals surface area contributed by atoms with Gasteiger partial charge in [-0.1, -0.05) is 26.0 Å². The van der Waals surface area contributed by atoms with E-state index in [1.165, 1.54) is 0 Å². The van der Waals surface area contributed by atoms with E-state index in [1.807, 2.05) is 24.4 Å². The van der Waals surface area contributed by atoms with Crippen LogP contribution >= 0.6 is 0 Å². The zero-order valence-corrected chi connectivity index (χ0v) is 14.7. The van der Waals surface area contributed by atoms with Crippen LogP contribution in [0.15, 0.2) is 30.5 Å². The number of fused-ring (bicyclic) bond motifs is 1. The molecule has 0 radical (unpaired) electrons. The summed E-state index contributed by atoms with van der Waals surface area (Å²) < 4.78 is 2.13. The van der Waals surface area contributed by atoms with Crippen LogP contribution in [0.2, 0.25) is 0 Å². The van der Waals surface area contributed by atoms with Crippen molar-refractivity contribution in [2.45, 2.75) is 52.1 Å². The Labute approximate surface area is 147 Å². The van der Waals surface area contributed by atoms with Crippen LogP contribution in [-0.4, -0.2) is 21.4 Å². The van der Waals surface area contributed by atoms with Crippen LogP contribution < -0.4 is 10.6 Å². The van der Waals surface area contributed by atoms with Gasteiger partial charge in [-0.15, -0.1) is 0 Å². The number of rotatable bonds is 4. The van der Waals surface area contributed by atoms with Gasteiger partial charge in [0.2, 0.25) is 0 Å². The average Bonchev–Trinajstić information content (AvgIpc) is 3.02. The predicted molar refractivity (Wildman–Crippen MR) is 96.2 cm³/mol. The van der Waals surface area contributed by atoms with Crippen LogP contribution in [0.3, 0.4) is 0 Å². The molecule has 2 amide bonds. The van der Waals surface area contributed by atoms with E-state index in [2.05, 4.69) is 34.0 Å². The van der Waals surface area contributed by atoms with Gasteiger partial charge >= 0.3 is 11.8 Å². The fraction of sp³-hybridized carbons (Fsp3) is 0.421. The number of amides is 2. The monoisotopic (exact) mass is 340 g/mol.